The van der Waals surface area contributed by atoms with Crippen LogP contribution in [0.3, 0.4) is 0 Å². The largest absolute Gasteiger partial charge is 0.493 e. The molecule has 34 heavy (non-hydrogen) atoms. The Kier molecular flexibility index (Phi) is 9.06. The maximum atomic E-state index is 12.5. The van der Waals surface area contributed by atoms with Gasteiger partial charge in [-0.2, -0.15) is 5.10 Å². The van der Waals surface area contributed by atoms with Crippen molar-refractivity contribution >= 4 is 24.0 Å². The third kappa shape index (κ3) is 5.85. The molecule has 0 aliphatic carbocycles. The summed E-state index contributed by atoms with van der Waals surface area (Å²) in [5, 5.41) is 15.7. The molecule has 0 saturated carbocycles. The van der Waals surface area contributed by atoms with E-state index >= 15 is 0 Å². The molecule has 2 aromatic carbocycles. The molecule has 3 N–H and O–H groups in total. The molecule has 0 heterocycles. The second kappa shape index (κ2) is 11.9. The van der Waals surface area contributed by atoms with Crippen molar-refractivity contribution < 1.29 is 43.2 Å². The average Bonchev–Trinajstić information content (AvgIpc) is 2.85. The van der Waals surface area contributed by atoms with Gasteiger partial charge in [0.15, 0.2) is 23.0 Å². The lowest BCUT2D eigenvalue weighted by Gasteiger charge is -2.14. The molecule has 0 aromatic heterocycles. The van der Waals surface area contributed by atoms with E-state index in [4.69, 9.17) is 23.7 Å². The predicted molar refractivity (Wildman–Crippen MR) is 121 cm³/mol. The van der Waals surface area contributed by atoms with Gasteiger partial charge in [-0.15, -0.1) is 0 Å². The van der Waals surface area contributed by atoms with E-state index in [1.165, 1.54) is 59.8 Å². The fourth-order valence-corrected chi connectivity index (χ4v) is 2.96. The number of benzene rings is 2. The van der Waals surface area contributed by atoms with Crippen LogP contribution in [0.5, 0.6) is 28.7 Å². The minimum Gasteiger partial charge on any atom is -0.493 e. The van der Waals surface area contributed by atoms with Gasteiger partial charge < -0.3 is 34.1 Å². The van der Waals surface area contributed by atoms with Gasteiger partial charge in [-0.1, -0.05) is 0 Å². The third-order valence-electron chi connectivity index (χ3n) is 4.52. The Morgan fingerprint density at radius 3 is 1.97 bits per heavy atom. The van der Waals surface area contributed by atoms with Crippen LogP contribution in [0.2, 0.25) is 0 Å². The van der Waals surface area contributed by atoms with Gasteiger partial charge >= 0.3 is 5.97 Å². The summed E-state index contributed by atoms with van der Waals surface area (Å²) in [5.74, 6) is -1.33. The monoisotopic (exact) mass is 475 g/mol. The minimum absolute atomic E-state index is 0.0166. The van der Waals surface area contributed by atoms with Gasteiger partial charge in [-0.25, -0.2) is 10.2 Å². The number of methoxy groups -OCH3 is 5. The van der Waals surface area contributed by atoms with E-state index in [1.807, 2.05) is 0 Å². The van der Waals surface area contributed by atoms with E-state index in [-0.39, 0.29) is 39.7 Å². The number of hydrogen-bond donors (Lipinski definition) is 3. The van der Waals surface area contributed by atoms with Gasteiger partial charge in [-0.05, 0) is 24.3 Å². The van der Waals surface area contributed by atoms with Crippen LogP contribution in [0.25, 0.3) is 0 Å². The molecule has 12 nitrogen and oxygen atoms in total. The van der Waals surface area contributed by atoms with Crippen molar-refractivity contribution in [1.29, 1.82) is 0 Å². The Balaban J connectivity index is 2.07. The summed E-state index contributed by atoms with van der Waals surface area (Å²) >= 11 is 0. The molecule has 0 aliphatic heterocycles. The van der Waals surface area contributed by atoms with Crippen molar-refractivity contribution in [2.45, 2.75) is 0 Å². The van der Waals surface area contributed by atoms with Crippen LogP contribution in [0.1, 0.15) is 26.3 Å². The molecule has 0 bridgehead atoms. The van der Waals surface area contributed by atoms with Gasteiger partial charge in [0.05, 0.1) is 48.3 Å². The predicted octanol–water partition coefficient (Wildman–Crippen LogP) is 1.31. The molecule has 0 spiro atoms. The lowest BCUT2D eigenvalue weighted by Crippen LogP contribution is -2.35. The highest BCUT2D eigenvalue weighted by Gasteiger charge is 2.20. The summed E-state index contributed by atoms with van der Waals surface area (Å²) in [5.41, 5.74) is 2.39. The third-order valence-corrected chi connectivity index (χ3v) is 4.52. The van der Waals surface area contributed by atoms with Crippen LogP contribution in [0, 0.1) is 0 Å². The molecule has 2 rings (SSSR count). The molecular weight excluding hydrogens is 450 g/mol. The SMILES string of the molecule is COc1cc(C(=O)NCC(=O)N/N=C\c2ccc(OC)c(OC)c2C(=O)O)cc(OC)c1OC. The number of carboxylic acid groups (broad SMARTS) is 1. The Bertz CT molecular complexity index is 1070. The quantitative estimate of drug-likeness (QED) is 0.322. The average molecular weight is 475 g/mol. The highest BCUT2D eigenvalue weighted by molar-refractivity contribution is 6.02. The summed E-state index contributed by atoms with van der Waals surface area (Å²) in [4.78, 5) is 36.2. The molecule has 0 atom stereocenters. The standard InChI is InChI=1S/C22H25N3O9/c1-30-14-7-6-12(18(22(28)29)20(14)34-5)10-24-25-17(26)11-23-21(27)13-8-15(31-2)19(33-4)16(9-13)32-3/h6-10H,11H2,1-5H3,(H,23,27)(H,25,26)(H,28,29)/b24-10-. The maximum absolute atomic E-state index is 12.5. The molecule has 0 saturated heterocycles. The number of amides is 2. The lowest BCUT2D eigenvalue weighted by molar-refractivity contribution is -0.120. The summed E-state index contributed by atoms with van der Waals surface area (Å²) in [6.07, 6.45) is 1.14. The van der Waals surface area contributed by atoms with E-state index in [2.05, 4.69) is 15.8 Å². The van der Waals surface area contributed by atoms with Crippen molar-refractivity contribution in [3.8, 4) is 28.7 Å². The van der Waals surface area contributed by atoms with Crippen LogP contribution in [0.15, 0.2) is 29.4 Å². The number of ether oxygens (including phenoxy) is 5. The molecule has 0 fully saturated rings. The van der Waals surface area contributed by atoms with E-state index in [9.17, 15) is 19.5 Å². The van der Waals surface area contributed by atoms with Crippen LogP contribution < -0.4 is 34.4 Å². The minimum atomic E-state index is -1.26. The number of rotatable bonds is 11. The van der Waals surface area contributed by atoms with Crippen molar-refractivity contribution in [2.24, 2.45) is 5.10 Å². The number of carboxylic acids is 1. The second-order valence-corrected chi connectivity index (χ2v) is 6.46. The molecule has 182 valence electrons. The lowest BCUT2D eigenvalue weighted by atomic mass is 10.1. The van der Waals surface area contributed by atoms with Gasteiger partial charge in [-0.3, -0.25) is 9.59 Å². The number of carbonyl (C=O) groups is 3. The molecular formula is C22H25N3O9. The van der Waals surface area contributed by atoms with Crippen LogP contribution in [-0.4, -0.2) is 71.2 Å². The number of nitrogens with one attached hydrogen (secondary N) is 2. The van der Waals surface area contributed by atoms with E-state index < -0.39 is 24.3 Å². The van der Waals surface area contributed by atoms with Crippen molar-refractivity contribution in [3.63, 3.8) is 0 Å². The first kappa shape index (κ1) is 25.8. The molecule has 2 aromatic rings. The normalized spacial score (nSPS) is 10.4. The van der Waals surface area contributed by atoms with Gasteiger partial charge in [0.2, 0.25) is 5.75 Å². The van der Waals surface area contributed by atoms with Crippen LogP contribution >= 0.6 is 0 Å². The Morgan fingerprint density at radius 1 is 0.882 bits per heavy atom. The number of nitrogens with zero attached hydrogens (tertiary/aromatic N) is 1. The molecule has 12 heteroatoms. The summed E-state index contributed by atoms with van der Waals surface area (Å²) in [6, 6.07) is 5.84. The fraction of sp³-hybridized carbons (Fsp3) is 0.273. The zero-order valence-corrected chi connectivity index (χ0v) is 19.3. The number of aromatic carboxylic acids is 1. The van der Waals surface area contributed by atoms with Crippen molar-refractivity contribution in [3.05, 3.63) is 41.0 Å². The number of carbonyl (C=O) groups excluding carboxylic acids is 2. The molecule has 0 unspecified atom stereocenters. The Morgan fingerprint density at radius 2 is 1.47 bits per heavy atom. The first-order valence-electron chi connectivity index (χ1n) is 9.69. The molecule has 0 radical (unpaired) electrons. The first-order chi connectivity index (χ1) is 16.3. The molecule has 2 amide bonds. The van der Waals surface area contributed by atoms with Crippen molar-refractivity contribution in [2.75, 3.05) is 42.1 Å². The van der Waals surface area contributed by atoms with Gasteiger partial charge in [0.25, 0.3) is 11.8 Å². The van der Waals surface area contributed by atoms with Gasteiger partial charge in [0, 0.05) is 11.1 Å². The van der Waals surface area contributed by atoms with Gasteiger partial charge in [0.1, 0.15) is 5.56 Å². The van der Waals surface area contributed by atoms with E-state index in [0.717, 1.165) is 6.21 Å². The zero-order chi connectivity index (χ0) is 25.3. The number of hydrazone groups is 1. The highest BCUT2D eigenvalue weighted by atomic mass is 16.5. The smallest absolute Gasteiger partial charge is 0.340 e. The summed E-state index contributed by atoms with van der Waals surface area (Å²) < 4.78 is 25.8. The maximum Gasteiger partial charge on any atom is 0.340 e. The Labute approximate surface area is 195 Å². The Hall–Kier alpha value is -4.48. The highest BCUT2D eigenvalue weighted by Crippen LogP contribution is 2.38. The van der Waals surface area contributed by atoms with Crippen molar-refractivity contribution in [1.82, 2.24) is 10.7 Å². The second-order valence-electron chi connectivity index (χ2n) is 6.46. The molecule has 0 aliphatic rings. The van der Waals surface area contributed by atoms with Crippen LogP contribution in [-0.2, 0) is 4.79 Å². The fourth-order valence-electron chi connectivity index (χ4n) is 2.96. The van der Waals surface area contributed by atoms with Crippen LogP contribution in [0.4, 0.5) is 0 Å². The summed E-state index contributed by atoms with van der Waals surface area (Å²) in [6.45, 7) is -0.398. The zero-order valence-electron chi connectivity index (χ0n) is 19.3. The first-order valence-corrected chi connectivity index (χ1v) is 9.69. The van der Waals surface area contributed by atoms with E-state index in [1.54, 1.807) is 0 Å². The van der Waals surface area contributed by atoms with E-state index in [0.29, 0.717) is 5.75 Å². The topological polar surface area (TPSA) is 154 Å². The summed E-state index contributed by atoms with van der Waals surface area (Å²) in [7, 11) is 6.96. The number of hydrogen-bond acceptors (Lipinski definition) is 9.